The third-order valence-electron chi connectivity index (χ3n) is 19.5. The molecule has 0 saturated heterocycles. The maximum absolute atomic E-state index is 15.9. The van der Waals surface area contributed by atoms with Gasteiger partial charge in [-0.3, -0.25) is 0 Å². The third kappa shape index (κ3) is 10.7. The summed E-state index contributed by atoms with van der Waals surface area (Å²) in [5.41, 5.74) is 17.7. The normalized spacial score (nSPS) is 17.7. The van der Waals surface area contributed by atoms with Crippen LogP contribution in [0.1, 0.15) is 12.8 Å². The lowest BCUT2D eigenvalue weighted by molar-refractivity contribution is 0.484. The number of hydrogen-bond donors (Lipinski definition) is 0. The van der Waals surface area contributed by atoms with Crippen LogP contribution in [-0.2, 0) is 9.13 Å². The maximum Gasteiger partial charge on any atom is 0.157 e. The van der Waals surface area contributed by atoms with E-state index in [0.717, 1.165) is 122 Å². The maximum atomic E-state index is 15.9. The molecule has 0 spiro atoms. The zero-order valence-electron chi connectivity index (χ0n) is 53.6. The van der Waals surface area contributed by atoms with Crippen LogP contribution in [-0.4, -0.2) is 11.3 Å². The number of allylic oxidation sites excluding steroid dienone is 8. The van der Waals surface area contributed by atoms with Gasteiger partial charge in [0.15, 0.2) is 14.3 Å². The fourth-order valence-corrected chi connectivity index (χ4v) is 21.3. The summed E-state index contributed by atoms with van der Waals surface area (Å²) in [5.74, 6) is 2.50. The van der Waals surface area contributed by atoms with E-state index in [-0.39, 0.29) is 11.3 Å². The first kappa shape index (κ1) is 60.2. The van der Waals surface area contributed by atoms with Gasteiger partial charge in [0.05, 0.1) is 32.6 Å². The molecule has 0 aromatic heterocycles. The van der Waals surface area contributed by atoms with Crippen molar-refractivity contribution in [3.8, 4) is 89.8 Å². The molecule has 13 aromatic carbocycles. The first-order chi connectivity index (χ1) is 48.4. The first-order valence-corrected chi connectivity index (χ1v) is 37.0. The summed E-state index contributed by atoms with van der Waals surface area (Å²) in [4.78, 5) is 4.72. The Bertz CT molecular complexity index is 5030. The van der Waals surface area contributed by atoms with E-state index in [1.54, 1.807) is 0 Å². The highest BCUT2D eigenvalue weighted by molar-refractivity contribution is 7.80. The van der Waals surface area contributed by atoms with Crippen molar-refractivity contribution >= 4 is 69.6 Å². The van der Waals surface area contributed by atoms with E-state index >= 15 is 9.13 Å². The van der Waals surface area contributed by atoms with Crippen molar-refractivity contribution in [2.45, 2.75) is 24.2 Å². The highest BCUT2D eigenvalue weighted by atomic mass is 31.2. The smallest absolute Gasteiger partial charge is 0.157 e. The van der Waals surface area contributed by atoms with Crippen molar-refractivity contribution < 1.29 is 18.6 Å². The van der Waals surface area contributed by atoms with Crippen molar-refractivity contribution in [1.82, 2.24) is 0 Å². The van der Waals surface area contributed by atoms with Gasteiger partial charge >= 0.3 is 0 Å². The Morgan fingerprint density at radius 2 is 0.602 bits per heavy atom. The Kier molecular flexibility index (Phi) is 15.7. The molecule has 2 heterocycles. The number of nitrogens with zero attached hydrogens (tertiary/aromatic N) is 2. The molecule has 4 unspecified atom stereocenters. The molecule has 6 nitrogen and oxygen atoms in total. The molecule has 2 aliphatic carbocycles. The van der Waals surface area contributed by atoms with E-state index < -0.39 is 14.3 Å². The number of para-hydroxylation sites is 8. The largest absolute Gasteiger partial charge is 0.456 e. The van der Waals surface area contributed by atoms with Gasteiger partial charge in [0.2, 0.25) is 0 Å². The van der Waals surface area contributed by atoms with Crippen LogP contribution < -0.4 is 40.5 Å². The van der Waals surface area contributed by atoms with E-state index in [4.69, 9.17) is 9.47 Å². The molecule has 470 valence electrons. The quantitative estimate of drug-likeness (QED) is 0.101. The minimum Gasteiger partial charge on any atom is -0.456 e. The van der Waals surface area contributed by atoms with Gasteiger partial charge in [-0.1, -0.05) is 231 Å². The lowest BCUT2D eigenvalue weighted by Gasteiger charge is -2.33. The fourth-order valence-electron chi connectivity index (χ4n) is 14.8. The Hall–Kier alpha value is -11.5. The monoisotopic (exact) mass is 1300 g/mol. The minimum absolute atomic E-state index is 0.190. The van der Waals surface area contributed by atoms with Crippen LogP contribution in [0.4, 0.5) is 34.1 Å². The molecule has 4 atom stereocenters. The fraction of sp³-hybridized carbons (Fsp3) is 0.0444. The molecule has 0 N–H and O–H groups in total. The second-order valence-electron chi connectivity index (χ2n) is 25.2. The van der Waals surface area contributed by atoms with Gasteiger partial charge in [0, 0.05) is 45.2 Å². The van der Waals surface area contributed by atoms with Crippen molar-refractivity contribution in [1.29, 1.82) is 0 Å². The summed E-state index contributed by atoms with van der Waals surface area (Å²) in [5, 5.41) is 3.01. The SMILES string of the molecule is O=P1(C2C=CC=CC2)c2ccccc2Oc2cc(-c3cccc(-c4cc(-c5ccccc5N(c5ccccc5)c5ccccc5)c(-c5cccc(-c6ccc7c(c6)Oc6ccccc6P7(=O)C6C=CC=CC6)c5)cc4-c4ccccc4N(c4ccccc4)c4ccccc4)c3)ccc21. The number of benzene rings is 13. The topological polar surface area (TPSA) is 59.1 Å². The molecule has 0 fully saturated rings. The lowest BCUT2D eigenvalue weighted by atomic mass is 9.83. The van der Waals surface area contributed by atoms with Gasteiger partial charge in [0.1, 0.15) is 23.0 Å². The highest BCUT2D eigenvalue weighted by Crippen LogP contribution is 2.60. The molecule has 0 saturated carbocycles. The Morgan fingerprint density at radius 3 is 0.990 bits per heavy atom. The molecular formula is C90H66N2O4P2. The predicted octanol–water partition coefficient (Wildman–Crippen LogP) is 23.2. The molecule has 8 heteroatoms. The zero-order chi connectivity index (χ0) is 65.6. The van der Waals surface area contributed by atoms with E-state index in [9.17, 15) is 0 Å². The molecule has 4 aliphatic rings. The molecule has 98 heavy (non-hydrogen) atoms. The van der Waals surface area contributed by atoms with Crippen molar-refractivity contribution in [2.24, 2.45) is 0 Å². The second-order valence-corrected chi connectivity index (χ2v) is 31.1. The number of ether oxygens (including phenoxy) is 2. The first-order valence-electron chi connectivity index (χ1n) is 33.5. The van der Waals surface area contributed by atoms with E-state index in [0.29, 0.717) is 35.8 Å². The van der Waals surface area contributed by atoms with Gasteiger partial charge < -0.3 is 28.4 Å². The second kappa shape index (κ2) is 25.6. The summed E-state index contributed by atoms with van der Waals surface area (Å²) in [7, 11) is -6.38. The molecule has 17 rings (SSSR count). The number of rotatable bonds is 14. The highest BCUT2D eigenvalue weighted by Gasteiger charge is 2.44. The Morgan fingerprint density at radius 1 is 0.265 bits per heavy atom. The third-order valence-corrected chi connectivity index (χ3v) is 26.4. The van der Waals surface area contributed by atoms with Crippen LogP contribution in [0.5, 0.6) is 23.0 Å². The van der Waals surface area contributed by atoms with Gasteiger partial charge in [-0.25, -0.2) is 0 Å². The van der Waals surface area contributed by atoms with Crippen LogP contribution in [0.2, 0.25) is 0 Å². The van der Waals surface area contributed by atoms with Crippen LogP contribution in [0.15, 0.2) is 364 Å². The van der Waals surface area contributed by atoms with Crippen LogP contribution >= 0.6 is 14.3 Å². The lowest BCUT2D eigenvalue weighted by Crippen LogP contribution is -2.30. The van der Waals surface area contributed by atoms with Crippen molar-refractivity contribution in [3.63, 3.8) is 0 Å². The van der Waals surface area contributed by atoms with Gasteiger partial charge in [0.25, 0.3) is 0 Å². The molecule has 0 radical (unpaired) electrons. The molecule has 0 bridgehead atoms. The summed E-state index contributed by atoms with van der Waals surface area (Å²) >= 11 is 0. The zero-order valence-corrected chi connectivity index (χ0v) is 55.4. The number of fused-ring (bicyclic) bond motifs is 4. The molecule has 13 aromatic rings. The standard InChI is InChI=1S/C90H66N2O4P2/c93-97(73-41-15-5-16-42-73)87-51-25-23-49-83(87)95-85-59-65(53-55-89(85)97)63-29-27-31-67(57-63)77-62-80(76-46-20-22-48-82(76)92(71-37-11-3-12-38-71)72-39-13-4-14-40-72)78(61-79(77)75-45-19-21-47-81(75)91(69-33-7-1-8-34-69)70-35-9-2-10-36-70)68-32-28-30-64(58-68)66-54-56-90-86(60-66)96-84-50-24-26-52-88(84)98(90,94)74-43-17-6-18-44-74/h1-41,43,45-62,73-74H,42,44H2. The van der Waals surface area contributed by atoms with Gasteiger partial charge in [-0.15, -0.1) is 0 Å². The molecule has 2 aliphatic heterocycles. The van der Waals surface area contributed by atoms with Crippen molar-refractivity contribution in [2.75, 3.05) is 9.80 Å². The van der Waals surface area contributed by atoms with E-state index in [1.807, 2.05) is 85.0 Å². The molecular weight excluding hydrogens is 1230 g/mol. The van der Waals surface area contributed by atoms with E-state index in [2.05, 4.69) is 289 Å². The summed E-state index contributed by atoms with van der Waals surface area (Å²) < 4.78 is 45.4. The average molecular weight is 1300 g/mol. The Labute approximate surface area is 572 Å². The summed E-state index contributed by atoms with van der Waals surface area (Å²) in [6, 6.07) is 111. The van der Waals surface area contributed by atoms with Gasteiger partial charge in [-0.05, 0) is 202 Å². The van der Waals surface area contributed by atoms with E-state index in [1.165, 1.54) is 0 Å². The summed E-state index contributed by atoms with van der Waals surface area (Å²) in [6.07, 6.45) is 17.9. The molecule has 0 amide bonds. The predicted molar refractivity (Wildman–Crippen MR) is 409 cm³/mol. The average Bonchev–Trinajstić information content (AvgIpc) is 0.739. The summed E-state index contributed by atoms with van der Waals surface area (Å²) in [6.45, 7) is 0. The van der Waals surface area contributed by atoms with Crippen LogP contribution in [0.3, 0.4) is 0 Å². The van der Waals surface area contributed by atoms with Crippen LogP contribution in [0, 0.1) is 0 Å². The Balaban J connectivity index is 0.901. The minimum atomic E-state index is -3.19. The van der Waals surface area contributed by atoms with Crippen molar-refractivity contribution in [3.05, 3.63) is 364 Å². The van der Waals surface area contributed by atoms with Gasteiger partial charge in [-0.2, -0.15) is 0 Å². The van der Waals surface area contributed by atoms with Crippen LogP contribution in [0.25, 0.3) is 66.8 Å². The number of anilines is 6. The number of hydrogen-bond acceptors (Lipinski definition) is 6.